The number of benzene rings is 2. The molecule has 4 rings (SSSR count). The Morgan fingerprint density at radius 3 is 2.64 bits per heavy atom. The van der Waals surface area contributed by atoms with Crippen LogP contribution in [0.5, 0.6) is 11.5 Å². The first-order valence-electron chi connectivity index (χ1n) is 7.21. The van der Waals surface area contributed by atoms with Crippen molar-refractivity contribution in [2.24, 2.45) is 0 Å². The van der Waals surface area contributed by atoms with Gasteiger partial charge in [0.2, 0.25) is 6.79 Å². The number of alkyl carbamates (subject to hydrolysis) is 1. The minimum absolute atomic E-state index is 0.110. The van der Waals surface area contributed by atoms with E-state index in [2.05, 4.69) is 5.32 Å². The van der Waals surface area contributed by atoms with Crippen molar-refractivity contribution in [2.75, 3.05) is 6.79 Å². The average molecular weight is 297 g/mol. The Bertz CT molecular complexity index is 701. The van der Waals surface area contributed by atoms with Crippen molar-refractivity contribution in [1.29, 1.82) is 0 Å². The molecule has 1 saturated heterocycles. The molecule has 2 atom stereocenters. The van der Waals surface area contributed by atoms with Gasteiger partial charge in [-0.2, -0.15) is 0 Å². The zero-order valence-electron chi connectivity index (χ0n) is 11.8. The molecule has 0 aromatic heterocycles. The van der Waals surface area contributed by atoms with Crippen LogP contribution in [-0.4, -0.2) is 12.9 Å². The van der Waals surface area contributed by atoms with E-state index in [1.54, 1.807) is 0 Å². The molecule has 2 aliphatic rings. The molecule has 2 aliphatic heterocycles. The summed E-state index contributed by atoms with van der Waals surface area (Å²) < 4.78 is 16.1. The van der Waals surface area contributed by atoms with Crippen LogP contribution in [0, 0.1) is 0 Å². The summed E-state index contributed by atoms with van der Waals surface area (Å²) in [6.07, 6.45) is 0.0308. The third-order valence-corrected chi connectivity index (χ3v) is 3.96. The fourth-order valence-electron chi connectivity index (χ4n) is 2.85. The predicted molar refractivity (Wildman–Crippen MR) is 78.7 cm³/mol. The van der Waals surface area contributed by atoms with E-state index in [9.17, 15) is 4.79 Å². The molecule has 0 bridgehead atoms. The smallest absolute Gasteiger partial charge is 0.408 e. The lowest BCUT2D eigenvalue weighted by molar-refractivity contribution is 0.0581. The van der Waals surface area contributed by atoms with Crippen molar-refractivity contribution < 1.29 is 19.0 Å². The van der Waals surface area contributed by atoms with Crippen LogP contribution < -0.4 is 14.8 Å². The zero-order valence-corrected chi connectivity index (χ0v) is 11.8. The molecule has 0 aliphatic carbocycles. The Morgan fingerprint density at radius 1 is 0.955 bits per heavy atom. The van der Waals surface area contributed by atoms with Crippen molar-refractivity contribution in [3.8, 4) is 11.5 Å². The van der Waals surface area contributed by atoms with Gasteiger partial charge in [0.1, 0.15) is 6.10 Å². The maximum Gasteiger partial charge on any atom is 0.408 e. The maximum absolute atomic E-state index is 11.9. The predicted octanol–water partition coefficient (Wildman–Crippen LogP) is 3.33. The Labute approximate surface area is 127 Å². The monoisotopic (exact) mass is 297 g/mol. The highest BCUT2D eigenvalue weighted by Crippen LogP contribution is 2.38. The minimum Gasteiger partial charge on any atom is -0.454 e. The van der Waals surface area contributed by atoms with Gasteiger partial charge in [-0.1, -0.05) is 36.4 Å². The molecule has 22 heavy (non-hydrogen) atoms. The number of nitrogens with one attached hydrogen (secondary N) is 1. The first-order valence-corrected chi connectivity index (χ1v) is 7.21. The van der Waals surface area contributed by atoms with Gasteiger partial charge in [0, 0.05) is 6.42 Å². The topological polar surface area (TPSA) is 56.8 Å². The van der Waals surface area contributed by atoms with Gasteiger partial charge in [-0.3, -0.25) is 0 Å². The van der Waals surface area contributed by atoms with Crippen LogP contribution in [0.25, 0.3) is 0 Å². The first-order chi connectivity index (χ1) is 10.8. The Balaban J connectivity index is 1.60. The number of cyclic esters (lactones) is 1. The van der Waals surface area contributed by atoms with Gasteiger partial charge in [0.15, 0.2) is 11.5 Å². The summed E-state index contributed by atoms with van der Waals surface area (Å²) >= 11 is 0. The van der Waals surface area contributed by atoms with Crippen molar-refractivity contribution in [1.82, 2.24) is 5.32 Å². The van der Waals surface area contributed by atoms with Gasteiger partial charge >= 0.3 is 6.09 Å². The molecule has 1 amide bonds. The summed E-state index contributed by atoms with van der Waals surface area (Å²) in [4.78, 5) is 11.9. The largest absolute Gasteiger partial charge is 0.454 e. The highest BCUT2D eigenvalue weighted by molar-refractivity contribution is 5.69. The number of hydrogen-bond donors (Lipinski definition) is 1. The first kappa shape index (κ1) is 13.0. The molecule has 2 heterocycles. The lowest BCUT2D eigenvalue weighted by Gasteiger charge is -2.30. The quantitative estimate of drug-likeness (QED) is 0.923. The van der Waals surface area contributed by atoms with E-state index in [0.29, 0.717) is 6.42 Å². The normalized spacial score (nSPS) is 22.8. The zero-order chi connectivity index (χ0) is 14.9. The van der Waals surface area contributed by atoms with E-state index in [0.717, 1.165) is 22.6 Å². The van der Waals surface area contributed by atoms with Crippen LogP contribution in [0.2, 0.25) is 0 Å². The van der Waals surface area contributed by atoms with Crippen LogP contribution in [0.1, 0.15) is 29.7 Å². The summed E-state index contributed by atoms with van der Waals surface area (Å²) in [6.45, 7) is 0.242. The number of amides is 1. The number of rotatable bonds is 2. The number of carbonyl (C=O) groups is 1. The van der Waals surface area contributed by atoms with Gasteiger partial charge in [-0.05, 0) is 23.3 Å². The van der Waals surface area contributed by atoms with E-state index in [1.165, 1.54) is 0 Å². The SMILES string of the molecule is O=C1N[C@@H](c2ccc3c(c2)OCO3)C[C@@H](c2ccccc2)O1. The standard InChI is InChI=1S/C17H15NO4/c19-17-18-13(9-15(22-17)11-4-2-1-3-5-11)12-6-7-14-16(8-12)21-10-20-14/h1-8,13,15H,9-10H2,(H,18,19)/t13-,15+/m1/s1. The van der Waals surface area contributed by atoms with Crippen LogP contribution in [0.4, 0.5) is 4.79 Å². The number of hydrogen-bond acceptors (Lipinski definition) is 4. The van der Waals surface area contributed by atoms with Crippen molar-refractivity contribution in [3.05, 3.63) is 59.7 Å². The molecule has 5 heteroatoms. The summed E-state index contributed by atoms with van der Waals surface area (Å²) in [5.41, 5.74) is 1.99. The third-order valence-electron chi connectivity index (χ3n) is 3.96. The van der Waals surface area contributed by atoms with Crippen LogP contribution in [-0.2, 0) is 4.74 Å². The van der Waals surface area contributed by atoms with Crippen molar-refractivity contribution in [3.63, 3.8) is 0 Å². The number of carbonyl (C=O) groups excluding carboxylic acids is 1. The fraction of sp³-hybridized carbons (Fsp3) is 0.235. The van der Waals surface area contributed by atoms with Gasteiger partial charge in [0.25, 0.3) is 0 Å². The van der Waals surface area contributed by atoms with Crippen LogP contribution in [0.3, 0.4) is 0 Å². The van der Waals surface area contributed by atoms with E-state index >= 15 is 0 Å². The summed E-state index contributed by atoms with van der Waals surface area (Å²) in [7, 11) is 0. The number of ether oxygens (including phenoxy) is 3. The molecule has 0 spiro atoms. The molecule has 0 unspecified atom stereocenters. The van der Waals surface area contributed by atoms with Crippen molar-refractivity contribution >= 4 is 6.09 Å². The van der Waals surface area contributed by atoms with Crippen molar-refractivity contribution in [2.45, 2.75) is 18.6 Å². The van der Waals surface area contributed by atoms with Crippen LogP contribution >= 0.6 is 0 Å². The average Bonchev–Trinajstić information content (AvgIpc) is 3.02. The molecule has 5 nitrogen and oxygen atoms in total. The Morgan fingerprint density at radius 2 is 1.77 bits per heavy atom. The van der Waals surface area contributed by atoms with Gasteiger partial charge in [0.05, 0.1) is 6.04 Å². The highest BCUT2D eigenvalue weighted by atomic mass is 16.7. The number of fused-ring (bicyclic) bond motifs is 1. The van der Waals surface area contributed by atoms with E-state index < -0.39 is 6.09 Å². The second-order valence-electron chi connectivity index (χ2n) is 5.35. The molecular formula is C17H15NO4. The molecule has 112 valence electrons. The second-order valence-corrected chi connectivity index (χ2v) is 5.35. The van der Waals surface area contributed by atoms with Gasteiger partial charge in [-0.15, -0.1) is 0 Å². The second kappa shape index (κ2) is 5.26. The molecule has 1 fully saturated rings. The van der Waals surface area contributed by atoms with Gasteiger partial charge < -0.3 is 19.5 Å². The molecular weight excluding hydrogens is 282 g/mol. The Hall–Kier alpha value is -2.69. The fourth-order valence-corrected chi connectivity index (χ4v) is 2.85. The van der Waals surface area contributed by atoms with Crippen LogP contribution in [0.15, 0.2) is 48.5 Å². The van der Waals surface area contributed by atoms with Gasteiger partial charge in [-0.25, -0.2) is 4.79 Å². The molecule has 0 radical (unpaired) electrons. The molecule has 0 saturated carbocycles. The van der Waals surface area contributed by atoms with E-state index in [4.69, 9.17) is 14.2 Å². The molecule has 2 aromatic carbocycles. The maximum atomic E-state index is 11.9. The highest BCUT2D eigenvalue weighted by Gasteiger charge is 2.30. The molecule has 1 N–H and O–H groups in total. The summed E-state index contributed by atoms with van der Waals surface area (Å²) in [5, 5.41) is 2.87. The summed E-state index contributed by atoms with van der Waals surface area (Å²) in [6, 6.07) is 15.4. The lowest BCUT2D eigenvalue weighted by atomic mass is 9.95. The lowest BCUT2D eigenvalue weighted by Crippen LogP contribution is -2.37. The molecule has 2 aromatic rings. The Kier molecular flexibility index (Phi) is 3.11. The summed E-state index contributed by atoms with van der Waals surface area (Å²) in [5.74, 6) is 1.45. The van der Waals surface area contributed by atoms with E-state index in [1.807, 2.05) is 48.5 Å². The minimum atomic E-state index is -0.400. The van der Waals surface area contributed by atoms with E-state index in [-0.39, 0.29) is 18.9 Å². The third kappa shape index (κ3) is 2.35.